The summed E-state index contributed by atoms with van der Waals surface area (Å²) in [4.78, 5) is 0. The van der Waals surface area contributed by atoms with Gasteiger partial charge in [-0.2, -0.15) is 8.42 Å². The Hall–Kier alpha value is -1.72. The zero-order chi connectivity index (χ0) is 16.2. The molecule has 1 atom stereocenters. The Labute approximate surface area is 131 Å². The highest BCUT2D eigenvalue weighted by molar-refractivity contribution is 7.86. The summed E-state index contributed by atoms with van der Waals surface area (Å²) < 4.78 is 33.6. The maximum absolute atomic E-state index is 11.3. The molecule has 5 heteroatoms. The van der Waals surface area contributed by atoms with Gasteiger partial charge in [0.05, 0.1) is 0 Å². The lowest BCUT2D eigenvalue weighted by atomic mass is 10.1. The first-order valence-corrected chi connectivity index (χ1v) is 9.02. The van der Waals surface area contributed by atoms with Crippen LogP contribution in [0.15, 0.2) is 48.7 Å². The van der Waals surface area contributed by atoms with Crippen molar-refractivity contribution in [2.24, 2.45) is 0 Å². The molecule has 0 saturated carbocycles. The molecule has 1 N–H and O–H groups in total. The van der Waals surface area contributed by atoms with Gasteiger partial charge in [-0.25, -0.2) is 4.57 Å². The molecule has 1 heterocycles. The Morgan fingerprint density at radius 2 is 1.64 bits per heavy atom. The molecule has 0 bridgehead atoms. The van der Waals surface area contributed by atoms with Gasteiger partial charge in [-0.3, -0.25) is 4.55 Å². The summed E-state index contributed by atoms with van der Waals surface area (Å²) in [7, 11) is -4.03. The van der Waals surface area contributed by atoms with Crippen molar-refractivity contribution in [3.05, 3.63) is 64.8 Å². The van der Waals surface area contributed by atoms with E-state index in [1.54, 1.807) is 19.1 Å². The lowest BCUT2D eigenvalue weighted by Crippen LogP contribution is -2.40. The van der Waals surface area contributed by atoms with Crippen molar-refractivity contribution >= 4 is 10.1 Å². The minimum Gasteiger partial charge on any atom is -0.285 e. The maximum Gasteiger partial charge on any atom is 0.278 e. The molecule has 1 unspecified atom stereocenters. The van der Waals surface area contributed by atoms with E-state index in [1.165, 1.54) is 10.4 Å². The molecule has 3 rings (SSSR count). The summed E-state index contributed by atoms with van der Waals surface area (Å²) in [5.74, 6) is 0. The van der Waals surface area contributed by atoms with Crippen LogP contribution in [-0.4, -0.2) is 13.0 Å². The van der Waals surface area contributed by atoms with Gasteiger partial charge in [-0.15, -0.1) is 0 Å². The maximum atomic E-state index is 11.3. The Balaban J connectivity index is 0.000000238. The zero-order valence-electron chi connectivity index (χ0n) is 12.9. The van der Waals surface area contributed by atoms with Crippen LogP contribution in [0, 0.1) is 10.4 Å². The third-order valence-corrected chi connectivity index (χ3v) is 5.01. The topological polar surface area (TPSA) is 58.2 Å². The zero-order valence-corrected chi connectivity index (χ0v) is 13.8. The average molecular weight is 320 g/mol. The third kappa shape index (κ3) is 3.72. The van der Waals surface area contributed by atoms with Crippen molar-refractivity contribution in [1.82, 2.24) is 0 Å². The van der Waals surface area contributed by atoms with E-state index in [4.69, 9.17) is 0 Å². The highest BCUT2D eigenvalue weighted by Gasteiger charge is 2.30. The first-order valence-electron chi connectivity index (χ1n) is 7.52. The summed E-state index contributed by atoms with van der Waals surface area (Å²) >= 11 is 0. The molecule has 0 aliphatic heterocycles. The van der Waals surface area contributed by atoms with Crippen molar-refractivity contribution in [3.63, 3.8) is 0 Å². The van der Waals surface area contributed by atoms with Crippen molar-refractivity contribution in [2.75, 3.05) is 0 Å². The van der Waals surface area contributed by atoms with Crippen molar-refractivity contribution < 1.29 is 17.5 Å². The van der Waals surface area contributed by atoms with Crippen molar-refractivity contribution in [2.45, 2.75) is 38.5 Å². The molecule has 22 heavy (non-hydrogen) atoms. The van der Waals surface area contributed by atoms with Crippen LogP contribution in [0.3, 0.4) is 0 Å². The Morgan fingerprint density at radius 1 is 1.05 bits per heavy atom. The van der Waals surface area contributed by atoms with E-state index in [1.807, 2.05) is 23.8 Å². The van der Waals surface area contributed by atoms with E-state index in [9.17, 15) is 13.0 Å². The van der Waals surface area contributed by atoms with Gasteiger partial charge in [0.2, 0.25) is 5.69 Å². The molecule has 0 amide bonds. The highest BCUT2D eigenvalue weighted by Crippen LogP contribution is 2.21. The average Bonchev–Trinajstić information content (AvgIpc) is 2.45. The van der Waals surface area contributed by atoms with Gasteiger partial charge in [0.15, 0.2) is 11.4 Å². The second-order valence-electron chi connectivity index (χ2n) is 5.31. The summed E-state index contributed by atoms with van der Waals surface area (Å²) in [5.41, 5.74) is 0.648. The summed E-state index contributed by atoms with van der Waals surface area (Å²) in [6.45, 7) is 4.53. The van der Waals surface area contributed by atoms with Crippen molar-refractivity contribution in [1.29, 1.82) is 0 Å². The van der Waals surface area contributed by atoms with E-state index in [2.05, 4.69) is 24.3 Å². The van der Waals surface area contributed by atoms with Gasteiger partial charge >= 0.3 is 0 Å². The number of pyridine rings is 1. The smallest absolute Gasteiger partial charge is 0.278 e. The van der Waals surface area contributed by atoms with E-state index in [0.29, 0.717) is 12.1 Å². The van der Waals surface area contributed by atoms with Crippen LogP contribution < -0.4 is 4.57 Å². The largest absolute Gasteiger partial charge is 0.285 e. The number of nitrogens with zero attached hydrogens (tertiary/aromatic N) is 1. The monoisotopic (exact) mass is 320 g/mol. The molecule has 1 aromatic heterocycles. The van der Waals surface area contributed by atoms with Crippen LogP contribution in [0.2, 0.25) is 0 Å². The second kappa shape index (κ2) is 7.03. The SMILES string of the molecule is CCC[n+]1ccccc1C(CC)S(=O)(=O)O.c1cc2ccc1=2. The Kier molecular flexibility index (Phi) is 5.32. The standard InChI is InChI=1S/C11H17NO3S.C6H4/c1-3-8-12-9-6-5-7-10(12)11(4-2)16(13,14)15;1-2-6-4-3-5(1)6/h5-7,9,11H,3-4,8H2,1-2H3;1-4H/p+1. The molecule has 0 aromatic carbocycles. The molecular weight excluding hydrogens is 298 g/mol. The first-order chi connectivity index (χ1) is 10.5. The minimum absolute atomic E-state index is 0.368. The lowest BCUT2D eigenvalue weighted by molar-refractivity contribution is -0.704. The van der Waals surface area contributed by atoms with Crippen LogP contribution in [0.1, 0.15) is 37.6 Å². The van der Waals surface area contributed by atoms with Crippen molar-refractivity contribution in [3.8, 4) is 0 Å². The van der Waals surface area contributed by atoms with Gasteiger partial charge in [0, 0.05) is 18.6 Å². The Morgan fingerprint density at radius 3 is 2.00 bits per heavy atom. The number of hydrogen-bond acceptors (Lipinski definition) is 2. The molecule has 0 fully saturated rings. The number of aryl methyl sites for hydroxylation is 1. The van der Waals surface area contributed by atoms with Gasteiger partial charge in [0.1, 0.15) is 6.54 Å². The van der Waals surface area contributed by atoms with Gasteiger partial charge in [-0.05, 0) is 16.9 Å². The fourth-order valence-corrected chi connectivity index (χ4v) is 3.40. The van der Waals surface area contributed by atoms with E-state index in [0.717, 1.165) is 13.0 Å². The molecule has 4 nitrogen and oxygen atoms in total. The van der Waals surface area contributed by atoms with Crippen LogP contribution in [-0.2, 0) is 16.7 Å². The molecule has 0 saturated heterocycles. The van der Waals surface area contributed by atoms with E-state index >= 15 is 0 Å². The highest BCUT2D eigenvalue weighted by atomic mass is 32.2. The summed E-state index contributed by atoms with van der Waals surface area (Å²) in [5, 5.41) is 2.02. The third-order valence-electron chi connectivity index (χ3n) is 3.72. The number of hydrogen-bond donors (Lipinski definition) is 1. The number of benzene rings is 1. The predicted octanol–water partition coefficient (Wildman–Crippen LogP) is 3.01. The Bertz CT molecular complexity index is 781. The molecule has 2 aliphatic rings. The first kappa shape index (κ1) is 16.6. The predicted molar refractivity (Wildman–Crippen MR) is 85.6 cm³/mol. The van der Waals surface area contributed by atoms with Crippen LogP contribution in [0.4, 0.5) is 0 Å². The quantitative estimate of drug-likeness (QED) is 0.581. The lowest BCUT2D eigenvalue weighted by Gasteiger charge is -2.10. The molecular formula is C17H22NO3S+. The molecule has 1 aromatic rings. The van der Waals surface area contributed by atoms with E-state index in [-0.39, 0.29) is 0 Å². The number of aromatic nitrogens is 1. The second-order valence-corrected chi connectivity index (χ2v) is 6.91. The van der Waals surface area contributed by atoms with Gasteiger partial charge in [-0.1, -0.05) is 44.2 Å². The van der Waals surface area contributed by atoms with Gasteiger partial charge < -0.3 is 0 Å². The fourth-order valence-electron chi connectivity index (χ4n) is 2.46. The molecule has 0 spiro atoms. The molecule has 0 radical (unpaired) electrons. The fraction of sp³-hybridized carbons (Fsp3) is 0.353. The summed E-state index contributed by atoms with van der Waals surface area (Å²) in [6.07, 6.45) is 3.13. The molecule has 2 aliphatic carbocycles. The van der Waals surface area contributed by atoms with E-state index < -0.39 is 15.4 Å². The normalized spacial score (nSPS) is 13.0. The van der Waals surface area contributed by atoms with Crippen LogP contribution >= 0.6 is 0 Å². The van der Waals surface area contributed by atoms with Crippen LogP contribution in [0.25, 0.3) is 0 Å². The number of rotatable bonds is 5. The summed E-state index contributed by atoms with van der Waals surface area (Å²) in [6, 6.07) is 13.9. The molecule has 118 valence electrons. The minimum atomic E-state index is -4.03. The van der Waals surface area contributed by atoms with Crippen LogP contribution in [0.5, 0.6) is 0 Å². The van der Waals surface area contributed by atoms with Gasteiger partial charge in [0.25, 0.3) is 10.1 Å².